The molecule has 2 rings (SSSR count). The molecule has 2 N–H and O–H groups in total. The molecular weight excluding hydrogens is 262 g/mol. The fourth-order valence-corrected chi connectivity index (χ4v) is 1.75. The van der Waals surface area contributed by atoms with E-state index < -0.39 is 5.91 Å². The number of hydrogen-bond acceptors (Lipinski definition) is 6. The average molecular weight is 279 g/mol. The van der Waals surface area contributed by atoms with Gasteiger partial charge in [-0.3, -0.25) is 4.79 Å². The zero-order valence-corrected chi connectivity index (χ0v) is 11.5. The summed E-state index contributed by atoms with van der Waals surface area (Å²) in [6.45, 7) is 4.21. The van der Waals surface area contributed by atoms with Gasteiger partial charge in [-0.05, 0) is 24.9 Å². The molecule has 2 heterocycles. The van der Waals surface area contributed by atoms with E-state index in [1.165, 1.54) is 6.07 Å². The highest BCUT2D eigenvalue weighted by molar-refractivity contribution is 5.89. The third-order valence-corrected chi connectivity index (χ3v) is 2.93. The van der Waals surface area contributed by atoms with Crippen LogP contribution in [0.3, 0.4) is 0 Å². The first-order chi connectivity index (χ1) is 9.61. The van der Waals surface area contributed by atoms with Crippen molar-refractivity contribution in [2.75, 3.05) is 0 Å². The molecule has 0 bridgehead atoms. The van der Waals surface area contributed by atoms with Crippen molar-refractivity contribution in [3.63, 3.8) is 0 Å². The van der Waals surface area contributed by atoms with Gasteiger partial charge in [-0.2, -0.15) is 0 Å². The molecule has 0 aliphatic rings. The molecule has 0 atom stereocenters. The highest BCUT2D eigenvalue weighted by atomic mass is 16.5. The van der Waals surface area contributed by atoms with Gasteiger partial charge in [0, 0.05) is 0 Å². The molecule has 0 spiro atoms. The summed E-state index contributed by atoms with van der Waals surface area (Å²) in [7, 11) is 0. The Labute approximate surface area is 116 Å². The van der Waals surface area contributed by atoms with Crippen LogP contribution in [0.4, 0.5) is 0 Å². The van der Waals surface area contributed by atoms with Gasteiger partial charge >= 0.3 is 0 Å². The first-order valence-corrected chi connectivity index (χ1v) is 6.45. The van der Waals surface area contributed by atoms with Crippen LogP contribution in [0.15, 0.2) is 15.1 Å². The van der Waals surface area contributed by atoms with Crippen LogP contribution in [-0.2, 0) is 13.0 Å². The summed E-state index contributed by atoms with van der Waals surface area (Å²) in [5.74, 6) is 0.209. The van der Waals surface area contributed by atoms with Crippen LogP contribution in [0.1, 0.15) is 47.3 Å². The number of aryl methyl sites for hydroxylation is 2. The van der Waals surface area contributed by atoms with Gasteiger partial charge in [-0.1, -0.05) is 18.5 Å². The Bertz CT molecular complexity index is 588. The maximum absolute atomic E-state index is 10.9. The summed E-state index contributed by atoms with van der Waals surface area (Å²) in [6, 6.07) is 1.36. The van der Waals surface area contributed by atoms with Crippen LogP contribution in [0, 0.1) is 6.92 Å². The maximum atomic E-state index is 10.9. The van der Waals surface area contributed by atoms with Crippen molar-refractivity contribution >= 4 is 5.91 Å². The summed E-state index contributed by atoms with van der Waals surface area (Å²) in [5, 5.41) is 7.64. The Kier molecular flexibility index (Phi) is 4.39. The highest BCUT2D eigenvalue weighted by Crippen LogP contribution is 2.19. The number of amides is 1. The minimum atomic E-state index is -0.683. The van der Waals surface area contributed by atoms with Gasteiger partial charge in [0.15, 0.2) is 0 Å². The monoisotopic (exact) mass is 279 g/mol. The summed E-state index contributed by atoms with van der Waals surface area (Å²) in [6.07, 6.45) is 2.96. The summed E-state index contributed by atoms with van der Waals surface area (Å²) in [4.78, 5) is 10.9. The molecule has 0 aliphatic heterocycles. The molecule has 0 saturated heterocycles. The van der Waals surface area contributed by atoms with Gasteiger partial charge in [0.25, 0.3) is 11.8 Å². The van der Waals surface area contributed by atoms with E-state index >= 15 is 0 Å². The van der Waals surface area contributed by atoms with Crippen LogP contribution in [-0.4, -0.2) is 16.2 Å². The number of nitrogens with two attached hydrogens (primary N) is 1. The average Bonchev–Trinajstić information content (AvgIpc) is 3.01. The van der Waals surface area contributed by atoms with E-state index in [9.17, 15) is 4.79 Å². The minimum Gasteiger partial charge on any atom is -0.470 e. The number of primary amides is 1. The van der Waals surface area contributed by atoms with Gasteiger partial charge < -0.3 is 19.5 Å². The molecule has 2 aromatic heterocycles. The number of carbonyl (C=O) groups is 1. The predicted molar refractivity (Wildman–Crippen MR) is 69.2 cm³/mol. The molecule has 7 nitrogen and oxygen atoms in total. The zero-order chi connectivity index (χ0) is 14.5. The minimum absolute atomic E-state index is 0.0340. The third-order valence-electron chi connectivity index (χ3n) is 2.93. The van der Waals surface area contributed by atoms with Crippen molar-refractivity contribution in [3.8, 4) is 5.88 Å². The fraction of sp³-hybridized carbons (Fsp3) is 0.462. The van der Waals surface area contributed by atoms with E-state index in [0.717, 1.165) is 36.3 Å². The highest BCUT2D eigenvalue weighted by Gasteiger charge is 2.15. The summed E-state index contributed by atoms with van der Waals surface area (Å²) in [5.41, 5.74) is 6.86. The zero-order valence-electron chi connectivity index (χ0n) is 11.5. The van der Waals surface area contributed by atoms with E-state index in [-0.39, 0.29) is 18.2 Å². The van der Waals surface area contributed by atoms with Crippen LogP contribution in [0.2, 0.25) is 0 Å². The Hall–Kier alpha value is -2.31. The fourth-order valence-electron chi connectivity index (χ4n) is 1.75. The van der Waals surface area contributed by atoms with E-state index in [1.54, 1.807) is 0 Å². The van der Waals surface area contributed by atoms with Crippen LogP contribution in [0.5, 0.6) is 5.88 Å². The number of hydrogen-bond donors (Lipinski definition) is 1. The molecule has 0 aliphatic carbocycles. The number of nitrogens with zero attached hydrogens (tertiary/aromatic N) is 2. The smallest absolute Gasteiger partial charge is 0.287 e. The molecule has 0 radical (unpaired) electrons. The van der Waals surface area contributed by atoms with Gasteiger partial charge in [-0.15, -0.1) is 0 Å². The van der Waals surface area contributed by atoms with E-state index in [4.69, 9.17) is 19.5 Å². The van der Waals surface area contributed by atoms with Crippen LogP contribution < -0.4 is 10.5 Å². The number of ether oxygens (including phenoxy) is 1. The van der Waals surface area contributed by atoms with Crippen LogP contribution in [0.25, 0.3) is 0 Å². The molecule has 0 saturated carbocycles. The largest absolute Gasteiger partial charge is 0.470 e. The lowest BCUT2D eigenvalue weighted by atomic mass is 10.1. The Balaban J connectivity index is 2.02. The molecule has 20 heavy (non-hydrogen) atoms. The third kappa shape index (κ3) is 3.17. The first-order valence-electron chi connectivity index (χ1n) is 6.45. The molecule has 7 heteroatoms. The number of unbranched alkanes of at least 4 members (excludes halogenated alkanes) is 1. The van der Waals surface area contributed by atoms with E-state index in [2.05, 4.69) is 17.2 Å². The molecule has 0 aromatic carbocycles. The van der Waals surface area contributed by atoms with Gasteiger partial charge in [0.05, 0.1) is 17.3 Å². The lowest BCUT2D eigenvalue weighted by Crippen LogP contribution is -2.09. The molecule has 0 fully saturated rings. The Morgan fingerprint density at radius 3 is 2.85 bits per heavy atom. The molecule has 0 unspecified atom stereocenters. The number of rotatable bonds is 7. The predicted octanol–water partition coefficient (Wildman–Crippen LogP) is 1.99. The van der Waals surface area contributed by atoms with Gasteiger partial charge in [-0.25, -0.2) is 0 Å². The second-order valence-electron chi connectivity index (χ2n) is 4.45. The first kappa shape index (κ1) is 14.1. The van der Waals surface area contributed by atoms with E-state index in [0.29, 0.717) is 0 Å². The topological polar surface area (TPSA) is 104 Å². The van der Waals surface area contributed by atoms with Crippen molar-refractivity contribution in [1.29, 1.82) is 0 Å². The van der Waals surface area contributed by atoms with Gasteiger partial charge in [0.1, 0.15) is 12.4 Å². The quantitative estimate of drug-likeness (QED) is 0.831. The second-order valence-corrected chi connectivity index (χ2v) is 4.45. The number of aromatic nitrogens is 2. The SMILES string of the molecule is CCCCc1noc(C)c1COc1cc(C(N)=O)on1. The lowest BCUT2D eigenvalue weighted by Gasteiger charge is -2.02. The van der Waals surface area contributed by atoms with E-state index in [1.807, 2.05) is 6.92 Å². The molecular formula is C13H17N3O4. The standard InChI is InChI=1S/C13H17N3O4/c1-3-4-5-10-9(8(2)19-15-10)7-18-12-6-11(13(14)17)20-16-12/h6H,3-5,7H2,1-2H3,(H2,14,17). The van der Waals surface area contributed by atoms with Crippen molar-refractivity contribution in [3.05, 3.63) is 28.8 Å². The number of carbonyl (C=O) groups excluding carboxylic acids is 1. The second kappa shape index (κ2) is 6.23. The molecule has 108 valence electrons. The molecule has 1 amide bonds. The van der Waals surface area contributed by atoms with Crippen molar-refractivity contribution in [1.82, 2.24) is 10.3 Å². The maximum Gasteiger partial charge on any atom is 0.287 e. The normalized spacial score (nSPS) is 10.7. The summed E-state index contributed by atoms with van der Waals surface area (Å²) >= 11 is 0. The lowest BCUT2D eigenvalue weighted by molar-refractivity contribution is 0.0964. The molecule has 2 aromatic rings. The summed E-state index contributed by atoms with van der Waals surface area (Å²) < 4.78 is 15.4. The van der Waals surface area contributed by atoms with Crippen molar-refractivity contribution in [2.45, 2.75) is 39.7 Å². The van der Waals surface area contributed by atoms with Crippen molar-refractivity contribution in [2.24, 2.45) is 5.73 Å². The van der Waals surface area contributed by atoms with Crippen LogP contribution >= 0.6 is 0 Å². The van der Waals surface area contributed by atoms with Crippen molar-refractivity contribution < 1.29 is 18.6 Å². The Morgan fingerprint density at radius 1 is 1.40 bits per heavy atom. The van der Waals surface area contributed by atoms with Gasteiger partial charge in [0.2, 0.25) is 5.76 Å². The Morgan fingerprint density at radius 2 is 2.20 bits per heavy atom.